The lowest BCUT2D eigenvalue weighted by Crippen LogP contribution is -2.46. The summed E-state index contributed by atoms with van der Waals surface area (Å²) in [5, 5.41) is 13.1. The molecule has 0 aromatic rings. The van der Waals surface area contributed by atoms with Crippen molar-refractivity contribution < 1.29 is 5.11 Å². The molecule has 108 valence electrons. The predicted molar refractivity (Wildman–Crippen MR) is 78.8 cm³/mol. The van der Waals surface area contributed by atoms with E-state index < -0.39 is 0 Å². The van der Waals surface area contributed by atoms with E-state index in [9.17, 15) is 5.11 Å². The zero-order valence-corrected chi connectivity index (χ0v) is 12.9. The predicted octanol–water partition coefficient (Wildman–Crippen LogP) is 3.73. The molecule has 2 nitrogen and oxygen atoms in total. The molecule has 2 heteroatoms. The number of hydrogen-bond acceptors (Lipinski definition) is 2. The molecule has 2 unspecified atom stereocenters. The van der Waals surface area contributed by atoms with Gasteiger partial charge in [-0.2, -0.15) is 0 Å². The Labute approximate surface area is 114 Å². The average Bonchev–Trinajstić information content (AvgIpc) is 2.50. The van der Waals surface area contributed by atoms with E-state index in [1.807, 2.05) is 0 Å². The Balaban J connectivity index is 2.65. The third-order valence-electron chi connectivity index (χ3n) is 4.74. The van der Waals surface area contributed by atoms with Crippen LogP contribution in [0.5, 0.6) is 0 Å². The van der Waals surface area contributed by atoms with Crippen molar-refractivity contribution in [1.29, 1.82) is 0 Å². The molecule has 0 heterocycles. The van der Waals surface area contributed by atoms with Crippen LogP contribution in [0, 0.1) is 11.3 Å². The number of aliphatic hydroxyl groups is 1. The lowest BCUT2D eigenvalue weighted by atomic mass is 9.76. The monoisotopic (exact) mass is 255 g/mol. The van der Waals surface area contributed by atoms with Crippen LogP contribution in [0.2, 0.25) is 0 Å². The minimum atomic E-state index is 0.213. The standard InChI is InChI=1S/C16H33NO/c1-5-12-17-16(11-13-18)9-6-7-14(8-10-16)15(2,3)4/h14,17-18H,5-13H2,1-4H3. The number of aliphatic hydroxyl groups excluding tert-OH is 1. The second-order valence-electron chi connectivity index (χ2n) is 7.17. The molecule has 0 bridgehead atoms. The Hall–Kier alpha value is -0.0800. The highest BCUT2D eigenvalue weighted by molar-refractivity contribution is 4.92. The Morgan fingerprint density at radius 3 is 2.50 bits per heavy atom. The fourth-order valence-electron chi connectivity index (χ4n) is 3.39. The summed E-state index contributed by atoms with van der Waals surface area (Å²) in [4.78, 5) is 0. The van der Waals surface area contributed by atoms with Crippen LogP contribution in [0.3, 0.4) is 0 Å². The first-order valence-corrected chi connectivity index (χ1v) is 7.79. The van der Waals surface area contributed by atoms with Crippen molar-refractivity contribution in [2.45, 2.75) is 78.2 Å². The van der Waals surface area contributed by atoms with Gasteiger partial charge in [-0.3, -0.25) is 0 Å². The van der Waals surface area contributed by atoms with Crippen LogP contribution in [-0.2, 0) is 0 Å². The lowest BCUT2D eigenvalue weighted by molar-refractivity contribution is 0.178. The first kappa shape index (κ1) is 16.0. The second kappa shape index (κ2) is 6.91. The fourth-order valence-corrected chi connectivity index (χ4v) is 3.39. The molecule has 1 saturated carbocycles. The summed E-state index contributed by atoms with van der Waals surface area (Å²) in [6, 6.07) is 0. The average molecular weight is 255 g/mol. The number of hydrogen-bond donors (Lipinski definition) is 2. The fraction of sp³-hybridized carbons (Fsp3) is 1.00. The number of nitrogens with one attached hydrogen (secondary N) is 1. The molecule has 0 aromatic heterocycles. The van der Waals surface area contributed by atoms with Crippen LogP contribution < -0.4 is 5.32 Å². The van der Waals surface area contributed by atoms with Gasteiger partial charge in [0, 0.05) is 12.1 Å². The Morgan fingerprint density at radius 2 is 1.94 bits per heavy atom. The highest BCUT2D eigenvalue weighted by Crippen LogP contribution is 2.40. The molecule has 0 spiro atoms. The van der Waals surface area contributed by atoms with Gasteiger partial charge in [0.1, 0.15) is 0 Å². The molecule has 0 aliphatic heterocycles. The maximum Gasteiger partial charge on any atom is 0.0448 e. The second-order valence-corrected chi connectivity index (χ2v) is 7.17. The van der Waals surface area contributed by atoms with E-state index in [0.29, 0.717) is 12.0 Å². The highest BCUT2D eigenvalue weighted by Gasteiger charge is 2.35. The minimum Gasteiger partial charge on any atom is -0.396 e. The first-order chi connectivity index (χ1) is 8.43. The van der Waals surface area contributed by atoms with Gasteiger partial charge in [-0.25, -0.2) is 0 Å². The Kier molecular flexibility index (Phi) is 6.13. The van der Waals surface area contributed by atoms with Gasteiger partial charge in [0.25, 0.3) is 0 Å². The van der Waals surface area contributed by atoms with E-state index in [0.717, 1.165) is 18.9 Å². The molecule has 18 heavy (non-hydrogen) atoms. The van der Waals surface area contributed by atoms with E-state index in [4.69, 9.17) is 0 Å². The van der Waals surface area contributed by atoms with Gasteiger partial charge in [-0.05, 0) is 56.4 Å². The summed E-state index contributed by atoms with van der Waals surface area (Å²) >= 11 is 0. The minimum absolute atomic E-state index is 0.213. The maximum absolute atomic E-state index is 9.36. The molecule has 2 atom stereocenters. The molecular formula is C16H33NO. The van der Waals surface area contributed by atoms with E-state index >= 15 is 0 Å². The third-order valence-corrected chi connectivity index (χ3v) is 4.74. The van der Waals surface area contributed by atoms with Crippen LogP contribution in [-0.4, -0.2) is 23.8 Å². The third kappa shape index (κ3) is 4.55. The molecule has 1 rings (SSSR count). The summed E-state index contributed by atoms with van der Waals surface area (Å²) in [5.41, 5.74) is 0.644. The topological polar surface area (TPSA) is 32.3 Å². The van der Waals surface area contributed by atoms with Crippen molar-refractivity contribution in [3.05, 3.63) is 0 Å². The van der Waals surface area contributed by atoms with Crippen molar-refractivity contribution in [2.24, 2.45) is 11.3 Å². The smallest absolute Gasteiger partial charge is 0.0448 e. The normalized spacial score (nSPS) is 30.2. The molecule has 1 aliphatic rings. The summed E-state index contributed by atoms with van der Waals surface area (Å²) in [7, 11) is 0. The lowest BCUT2D eigenvalue weighted by Gasteiger charge is -2.35. The zero-order valence-electron chi connectivity index (χ0n) is 12.9. The van der Waals surface area contributed by atoms with Crippen molar-refractivity contribution >= 4 is 0 Å². The molecule has 0 radical (unpaired) electrons. The van der Waals surface area contributed by atoms with Crippen molar-refractivity contribution in [3.63, 3.8) is 0 Å². The van der Waals surface area contributed by atoms with Crippen LogP contribution in [0.15, 0.2) is 0 Å². The van der Waals surface area contributed by atoms with E-state index in [1.54, 1.807) is 0 Å². The van der Waals surface area contributed by atoms with Crippen LogP contribution in [0.1, 0.15) is 72.6 Å². The van der Waals surface area contributed by atoms with Crippen LogP contribution in [0.25, 0.3) is 0 Å². The van der Waals surface area contributed by atoms with E-state index in [1.165, 1.54) is 38.5 Å². The zero-order chi connectivity index (χ0) is 13.6. The van der Waals surface area contributed by atoms with E-state index in [-0.39, 0.29) is 5.54 Å². The molecule has 0 saturated heterocycles. The molecule has 0 aromatic carbocycles. The van der Waals surface area contributed by atoms with Crippen molar-refractivity contribution in [3.8, 4) is 0 Å². The summed E-state index contributed by atoms with van der Waals surface area (Å²) in [5.74, 6) is 0.835. The largest absolute Gasteiger partial charge is 0.396 e. The SMILES string of the molecule is CCCNC1(CCO)CCCC(C(C)(C)C)CC1. The molecule has 1 fully saturated rings. The van der Waals surface area contributed by atoms with Gasteiger partial charge in [-0.1, -0.05) is 34.1 Å². The quantitative estimate of drug-likeness (QED) is 0.734. The Bertz CT molecular complexity index is 234. The van der Waals surface area contributed by atoms with E-state index in [2.05, 4.69) is 33.0 Å². The summed E-state index contributed by atoms with van der Waals surface area (Å²) in [6.45, 7) is 10.7. The first-order valence-electron chi connectivity index (χ1n) is 7.79. The Morgan fingerprint density at radius 1 is 1.22 bits per heavy atom. The van der Waals surface area contributed by atoms with Gasteiger partial charge in [0.05, 0.1) is 0 Å². The summed E-state index contributed by atoms with van der Waals surface area (Å²) < 4.78 is 0. The molecular weight excluding hydrogens is 222 g/mol. The van der Waals surface area contributed by atoms with Gasteiger partial charge >= 0.3 is 0 Å². The van der Waals surface area contributed by atoms with Crippen molar-refractivity contribution in [2.75, 3.05) is 13.2 Å². The van der Waals surface area contributed by atoms with Gasteiger partial charge in [-0.15, -0.1) is 0 Å². The van der Waals surface area contributed by atoms with Crippen molar-refractivity contribution in [1.82, 2.24) is 5.32 Å². The van der Waals surface area contributed by atoms with Gasteiger partial charge in [0.15, 0.2) is 0 Å². The molecule has 1 aliphatic carbocycles. The highest BCUT2D eigenvalue weighted by atomic mass is 16.3. The van der Waals surface area contributed by atoms with Crippen LogP contribution >= 0.6 is 0 Å². The van der Waals surface area contributed by atoms with Gasteiger partial charge < -0.3 is 10.4 Å². The maximum atomic E-state index is 9.36. The van der Waals surface area contributed by atoms with Gasteiger partial charge in [0.2, 0.25) is 0 Å². The number of rotatable bonds is 5. The molecule has 2 N–H and O–H groups in total. The molecule has 0 amide bonds. The van der Waals surface area contributed by atoms with Crippen LogP contribution in [0.4, 0.5) is 0 Å². The summed E-state index contributed by atoms with van der Waals surface area (Å²) in [6.07, 6.45) is 8.53.